The predicted molar refractivity (Wildman–Crippen MR) is 141 cm³/mol. The lowest BCUT2D eigenvalue weighted by Crippen LogP contribution is -2.26. The Labute approximate surface area is 210 Å². The fourth-order valence-electron chi connectivity index (χ4n) is 3.87. The van der Waals surface area contributed by atoms with Crippen LogP contribution in [0.2, 0.25) is 5.02 Å². The van der Waals surface area contributed by atoms with Crippen LogP contribution in [0.5, 0.6) is 0 Å². The number of thioether (sulfide) groups is 1. The molecular weight excluding hydrogens is 460 g/mol. The first-order valence-corrected chi connectivity index (χ1v) is 12.4. The topological polar surface area (TPSA) is 34.1 Å². The largest absolute Gasteiger partial charge is 0.293 e. The summed E-state index contributed by atoms with van der Waals surface area (Å²) in [4.78, 5) is 28.3. The number of carbonyl (C=O) groups excluding carboxylic acids is 2. The molecule has 34 heavy (non-hydrogen) atoms. The van der Waals surface area contributed by atoms with Gasteiger partial charge in [-0.3, -0.25) is 9.59 Å². The lowest BCUT2D eigenvalue weighted by atomic mass is 9.85. The first kappa shape index (κ1) is 24.0. The van der Waals surface area contributed by atoms with Gasteiger partial charge in [-0.2, -0.15) is 0 Å². The molecule has 4 aromatic rings. The van der Waals surface area contributed by atoms with Crippen LogP contribution in [-0.4, -0.2) is 11.6 Å². The second kappa shape index (κ2) is 11.3. The molecule has 0 saturated heterocycles. The summed E-state index contributed by atoms with van der Waals surface area (Å²) in [6.07, 6.45) is 0.387. The van der Waals surface area contributed by atoms with Gasteiger partial charge in [0.05, 0.1) is 5.92 Å². The van der Waals surface area contributed by atoms with Gasteiger partial charge in [0.1, 0.15) is 0 Å². The zero-order valence-corrected chi connectivity index (χ0v) is 20.4. The van der Waals surface area contributed by atoms with Gasteiger partial charge in [-0.1, -0.05) is 102 Å². The number of hydrogen-bond donors (Lipinski definition) is 0. The number of rotatable bonds is 9. The van der Waals surface area contributed by atoms with Crippen LogP contribution in [0.25, 0.3) is 0 Å². The van der Waals surface area contributed by atoms with Crippen molar-refractivity contribution in [3.05, 3.63) is 136 Å². The monoisotopic (exact) mass is 484 g/mol. The molecule has 0 spiro atoms. The molecule has 0 aliphatic heterocycles. The summed E-state index contributed by atoms with van der Waals surface area (Å²) in [5.74, 6) is -1.09. The van der Waals surface area contributed by atoms with E-state index in [0.717, 1.165) is 16.0 Å². The van der Waals surface area contributed by atoms with Gasteiger partial charge in [0, 0.05) is 26.3 Å². The van der Waals surface area contributed by atoms with E-state index < -0.39 is 5.92 Å². The molecule has 0 bridgehead atoms. The molecule has 0 N–H and O–H groups in total. The van der Waals surface area contributed by atoms with Crippen molar-refractivity contribution in [2.75, 3.05) is 0 Å². The number of hydrogen-bond acceptors (Lipinski definition) is 3. The van der Waals surface area contributed by atoms with E-state index >= 15 is 0 Å². The Morgan fingerprint density at radius 2 is 1.21 bits per heavy atom. The summed E-state index contributed by atoms with van der Waals surface area (Å²) in [6, 6.07) is 34.1. The van der Waals surface area contributed by atoms with Crippen molar-refractivity contribution >= 4 is 34.9 Å². The Morgan fingerprint density at radius 1 is 0.706 bits per heavy atom. The third-order valence-electron chi connectivity index (χ3n) is 5.74. The van der Waals surface area contributed by atoms with E-state index in [4.69, 9.17) is 11.6 Å². The summed E-state index contributed by atoms with van der Waals surface area (Å²) in [5, 5.41) is 0.583. The molecule has 0 radical (unpaired) electrons. The van der Waals surface area contributed by atoms with E-state index in [1.165, 1.54) is 0 Å². The van der Waals surface area contributed by atoms with E-state index in [0.29, 0.717) is 22.6 Å². The van der Waals surface area contributed by atoms with E-state index in [2.05, 4.69) is 24.3 Å². The van der Waals surface area contributed by atoms with Gasteiger partial charge in [-0.05, 0) is 43.2 Å². The van der Waals surface area contributed by atoms with Crippen LogP contribution in [-0.2, 0) is 0 Å². The van der Waals surface area contributed by atoms with Crippen LogP contribution < -0.4 is 0 Å². The van der Waals surface area contributed by atoms with Crippen LogP contribution in [0.3, 0.4) is 0 Å². The highest BCUT2D eigenvalue weighted by atomic mass is 35.5. The van der Waals surface area contributed by atoms with Crippen molar-refractivity contribution in [3.8, 4) is 0 Å². The summed E-state index contributed by atoms with van der Waals surface area (Å²) in [5.41, 5.74) is 3.35. The number of benzene rings is 4. The first-order valence-electron chi connectivity index (χ1n) is 11.2. The van der Waals surface area contributed by atoms with Gasteiger partial charge in [-0.25, -0.2) is 0 Å². The Bertz CT molecular complexity index is 1190. The third kappa shape index (κ3) is 6.05. The SMILES string of the molecule is Cc1ccc(C(CC(C(=O)c2ccccc2)C(=O)c2ccccc2)Sc2ccc(Cl)cc2)cc1. The summed E-state index contributed by atoms with van der Waals surface area (Å²) < 4.78 is 0. The lowest BCUT2D eigenvalue weighted by Gasteiger charge is -2.23. The molecule has 170 valence electrons. The second-order valence-corrected chi connectivity index (χ2v) is 9.93. The molecule has 2 nitrogen and oxygen atoms in total. The minimum absolute atomic E-state index is 0.0906. The van der Waals surface area contributed by atoms with Crippen molar-refractivity contribution < 1.29 is 9.59 Å². The second-order valence-electron chi connectivity index (χ2n) is 8.22. The van der Waals surface area contributed by atoms with Crippen molar-refractivity contribution in [1.29, 1.82) is 0 Å². The molecule has 0 aliphatic carbocycles. The molecule has 4 aromatic carbocycles. The molecule has 0 heterocycles. The molecule has 1 atom stereocenters. The number of aryl methyl sites for hydroxylation is 1. The zero-order valence-electron chi connectivity index (χ0n) is 18.9. The molecule has 0 saturated carbocycles. The minimum Gasteiger partial charge on any atom is -0.293 e. The number of ketones is 2. The first-order chi connectivity index (χ1) is 16.5. The molecule has 0 aliphatic rings. The van der Waals surface area contributed by atoms with Crippen LogP contribution in [0.4, 0.5) is 0 Å². The van der Waals surface area contributed by atoms with Crippen molar-refractivity contribution in [2.24, 2.45) is 5.92 Å². The standard InChI is InChI=1S/C30H25ClO2S/c1-21-12-14-22(15-13-21)28(34-26-18-16-25(31)17-19-26)20-27(29(32)23-8-4-2-5-9-23)30(33)24-10-6-3-7-11-24/h2-19,27-28H,20H2,1H3. The quantitative estimate of drug-likeness (QED) is 0.136. The zero-order chi connectivity index (χ0) is 23.9. The van der Waals surface area contributed by atoms with Crippen LogP contribution in [0, 0.1) is 12.8 Å². The van der Waals surface area contributed by atoms with E-state index in [1.54, 1.807) is 36.0 Å². The highest BCUT2D eigenvalue weighted by Gasteiger charge is 2.32. The molecule has 4 heteroatoms. The minimum atomic E-state index is -0.795. The fraction of sp³-hybridized carbons (Fsp3) is 0.133. The Kier molecular flexibility index (Phi) is 7.99. The van der Waals surface area contributed by atoms with Gasteiger partial charge in [0.2, 0.25) is 0 Å². The third-order valence-corrected chi connectivity index (χ3v) is 7.29. The maximum absolute atomic E-state index is 13.6. The molecule has 0 fully saturated rings. The smallest absolute Gasteiger partial charge is 0.173 e. The molecular formula is C30H25ClO2S. The van der Waals surface area contributed by atoms with Crippen molar-refractivity contribution in [3.63, 3.8) is 0 Å². The highest BCUT2D eigenvalue weighted by molar-refractivity contribution is 7.99. The fourth-order valence-corrected chi connectivity index (χ4v) is 5.19. The molecule has 1 unspecified atom stereocenters. The van der Waals surface area contributed by atoms with Gasteiger partial charge >= 0.3 is 0 Å². The molecule has 4 rings (SSSR count). The molecule has 0 aromatic heterocycles. The Balaban J connectivity index is 1.72. The van der Waals surface area contributed by atoms with Crippen molar-refractivity contribution in [1.82, 2.24) is 0 Å². The Hall–Kier alpha value is -3.14. The predicted octanol–water partition coefficient (Wildman–Crippen LogP) is 8.25. The van der Waals surface area contributed by atoms with Gasteiger partial charge in [0.25, 0.3) is 0 Å². The van der Waals surface area contributed by atoms with Crippen LogP contribution in [0.1, 0.15) is 43.5 Å². The van der Waals surface area contributed by atoms with E-state index in [-0.39, 0.29) is 16.8 Å². The van der Waals surface area contributed by atoms with E-state index in [9.17, 15) is 9.59 Å². The summed E-state index contributed by atoms with van der Waals surface area (Å²) >= 11 is 7.73. The maximum atomic E-state index is 13.6. The Morgan fingerprint density at radius 3 is 1.71 bits per heavy atom. The van der Waals surface area contributed by atoms with Crippen molar-refractivity contribution in [2.45, 2.75) is 23.5 Å². The highest BCUT2D eigenvalue weighted by Crippen LogP contribution is 2.41. The summed E-state index contributed by atoms with van der Waals surface area (Å²) in [6.45, 7) is 2.05. The average Bonchev–Trinajstić information content (AvgIpc) is 2.88. The van der Waals surface area contributed by atoms with Gasteiger partial charge in [0.15, 0.2) is 11.6 Å². The number of carbonyl (C=O) groups is 2. The van der Waals surface area contributed by atoms with E-state index in [1.807, 2.05) is 67.6 Å². The van der Waals surface area contributed by atoms with Crippen LogP contribution in [0.15, 0.2) is 114 Å². The normalized spacial score (nSPS) is 11.9. The maximum Gasteiger partial charge on any atom is 0.173 e. The summed E-state index contributed by atoms with van der Waals surface area (Å²) in [7, 11) is 0. The van der Waals surface area contributed by atoms with Gasteiger partial charge < -0.3 is 0 Å². The van der Waals surface area contributed by atoms with Crippen LogP contribution >= 0.6 is 23.4 Å². The number of Topliss-reactive ketones (excluding diaryl/α,β-unsaturated/α-hetero) is 2. The molecule has 0 amide bonds. The van der Waals surface area contributed by atoms with Gasteiger partial charge in [-0.15, -0.1) is 11.8 Å². The lowest BCUT2D eigenvalue weighted by molar-refractivity contribution is 0.0799. The average molecular weight is 485 g/mol. The number of halogens is 1.